The summed E-state index contributed by atoms with van der Waals surface area (Å²) in [6.07, 6.45) is 0.825. The second-order valence-corrected chi connectivity index (χ2v) is 9.52. The molecule has 0 saturated carbocycles. The maximum Gasteiger partial charge on any atom is 0.258 e. The minimum Gasteiger partial charge on any atom is -0.396 e. The van der Waals surface area contributed by atoms with Crippen LogP contribution in [0.4, 0.5) is 0 Å². The Morgan fingerprint density at radius 1 is 1.00 bits per heavy atom. The summed E-state index contributed by atoms with van der Waals surface area (Å²) in [7, 11) is 0. The summed E-state index contributed by atoms with van der Waals surface area (Å²) in [6.45, 7) is -0.0922. The van der Waals surface area contributed by atoms with Gasteiger partial charge in [0.15, 0.2) is 0 Å². The molecule has 1 amide bonds. The van der Waals surface area contributed by atoms with Gasteiger partial charge in [0, 0.05) is 46.0 Å². The number of hydrogen-bond acceptors (Lipinski definition) is 4. The highest BCUT2D eigenvalue weighted by Crippen LogP contribution is 2.38. The fraction of sp³-hybridized carbons (Fsp3) is 0.179. The van der Waals surface area contributed by atoms with E-state index in [1.165, 1.54) is 5.01 Å². The molecule has 5 rings (SSSR count). The lowest BCUT2D eigenvalue weighted by atomic mass is 9.91. The molecule has 3 aromatic carbocycles. The van der Waals surface area contributed by atoms with Gasteiger partial charge in [-0.15, -0.1) is 0 Å². The number of aliphatic hydroxyl groups is 1. The van der Waals surface area contributed by atoms with Gasteiger partial charge in [-0.1, -0.05) is 65.7 Å². The molecule has 1 unspecified atom stereocenters. The summed E-state index contributed by atoms with van der Waals surface area (Å²) in [6, 6.07) is 21.8. The minimum atomic E-state index is -0.401. The van der Waals surface area contributed by atoms with Gasteiger partial charge in [-0.3, -0.25) is 9.59 Å². The SMILES string of the molecule is O=C(CCCO)N1N=C(c2c(-c3ccccc3)c3cc(Cl)ccc3[nH]c2=O)CC1c1ccc(Cl)cc1. The lowest BCUT2D eigenvalue weighted by Crippen LogP contribution is -2.27. The first-order valence-corrected chi connectivity index (χ1v) is 12.4. The molecule has 1 aromatic heterocycles. The van der Waals surface area contributed by atoms with Crippen molar-refractivity contribution in [3.63, 3.8) is 0 Å². The molecule has 2 N–H and O–H groups in total. The zero-order valence-corrected chi connectivity index (χ0v) is 20.8. The van der Waals surface area contributed by atoms with Gasteiger partial charge in [0.05, 0.1) is 17.3 Å². The van der Waals surface area contributed by atoms with Crippen molar-refractivity contribution < 1.29 is 9.90 Å². The molecule has 8 heteroatoms. The molecule has 36 heavy (non-hydrogen) atoms. The van der Waals surface area contributed by atoms with E-state index in [0.29, 0.717) is 39.7 Å². The Balaban J connectivity index is 1.70. The number of aromatic nitrogens is 1. The summed E-state index contributed by atoms with van der Waals surface area (Å²) < 4.78 is 0. The number of nitrogens with one attached hydrogen (secondary N) is 1. The molecule has 1 atom stereocenters. The number of halogens is 2. The molecule has 182 valence electrons. The highest BCUT2D eigenvalue weighted by molar-refractivity contribution is 6.31. The predicted octanol–water partition coefficient (Wildman–Crippen LogP) is 5.95. The van der Waals surface area contributed by atoms with Crippen LogP contribution in [0.2, 0.25) is 10.0 Å². The molecule has 0 fully saturated rings. The van der Waals surface area contributed by atoms with E-state index in [0.717, 1.165) is 22.1 Å². The maximum absolute atomic E-state index is 13.5. The van der Waals surface area contributed by atoms with E-state index in [9.17, 15) is 14.7 Å². The highest BCUT2D eigenvalue weighted by Gasteiger charge is 2.35. The van der Waals surface area contributed by atoms with E-state index < -0.39 is 6.04 Å². The number of carbonyl (C=O) groups is 1. The summed E-state index contributed by atoms with van der Waals surface area (Å²) in [4.78, 5) is 29.6. The fourth-order valence-corrected chi connectivity index (χ4v) is 4.92. The topological polar surface area (TPSA) is 85.8 Å². The van der Waals surface area contributed by atoms with Gasteiger partial charge in [-0.25, -0.2) is 5.01 Å². The number of H-pyrrole nitrogens is 1. The van der Waals surface area contributed by atoms with E-state index in [1.54, 1.807) is 24.3 Å². The van der Waals surface area contributed by atoms with E-state index in [1.807, 2.05) is 48.5 Å². The summed E-state index contributed by atoms with van der Waals surface area (Å²) in [5.74, 6) is -0.222. The van der Waals surface area contributed by atoms with Gasteiger partial charge in [-0.2, -0.15) is 5.10 Å². The lowest BCUT2D eigenvalue weighted by molar-refractivity contribution is -0.133. The number of benzene rings is 3. The minimum absolute atomic E-state index is 0.0922. The predicted molar refractivity (Wildman–Crippen MR) is 144 cm³/mol. The number of carbonyl (C=O) groups excluding carboxylic acids is 1. The second-order valence-electron chi connectivity index (χ2n) is 8.64. The van der Waals surface area contributed by atoms with Crippen LogP contribution in [-0.4, -0.2) is 33.3 Å². The van der Waals surface area contributed by atoms with Crippen LogP contribution in [0.1, 0.15) is 36.4 Å². The van der Waals surface area contributed by atoms with Gasteiger partial charge in [0.2, 0.25) is 5.91 Å². The molecule has 2 heterocycles. The van der Waals surface area contributed by atoms with Crippen molar-refractivity contribution in [2.45, 2.75) is 25.3 Å². The van der Waals surface area contributed by atoms with Crippen molar-refractivity contribution in [3.8, 4) is 11.1 Å². The first-order valence-electron chi connectivity index (χ1n) is 11.6. The number of fused-ring (bicyclic) bond motifs is 1. The summed E-state index contributed by atoms with van der Waals surface area (Å²) in [5.41, 5.74) is 3.72. The Hall–Kier alpha value is -3.45. The van der Waals surface area contributed by atoms with Gasteiger partial charge >= 0.3 is 0 Å². The lowest BCUT2D eigenvalue weighted by Gasteiger charge is -2.22. The van der Waals surface area contributed by atoms with E-state index in [-0.39, 0.29) is 24.5 Å². The normalized spacial score (nSPS) is 15.4. The molecule has 6 nitrogen and oxygen atoms in total. The van der Waals surface area contributed by atoms with Crippen molar-refractivity contribution >= 4 is 45.7 Å². The molecule has 0 saturated heterocycles. The Morgan fingerprint density at radius 2 is 1.72 bits per heavy atom. The molecule has 1 aliphatic rings. The van der Waals surface area contributed by atoms with Crippen molar-refractivity contribution in [3.05, 3.63) is 104 Å². The Morgan fingerprint density at radius 3 is 2.44 bits per heavy atom. The number of aromatic amines is 1. The van der Waals surface area contributed by atoms with Crippen LogP contribution in [0.25, 0.3) is 22.0 Å². The Bertz CT molecular complexity index is 1520. The average Bonchev–Trinajstić information content (AvgIpc) is 3.33. The van der Waals surface area contributed by atoms with Crippen molar-refractivity contribution in [1.82, 2.24) is 9.99 Å². The highest BCUT2D eigenvalue weighted by atomic mass is 35.5. The number of nitrogens with zero attached hydrogens (tertiary/aromatic N) is 2. The third kappa shape index (κ3) is 4.67. The second kappa shape index (κ2) is 10.3. The van der Waals surface area contributed by atoms with Gasteiger partial charge < -0.3 is 10.1 Å². The first kappa shape index (κ1) is 24.3. The van der Waals surface area contributed by atoms with Crippen LogP contribution < -0.4 is 5.56 Å². The number of hydrogen-bond donors (Lipinski definition) is 2. The molecular weight excluding hydrogens is 497 g/mol. The summed E-state index contributed by atoms with van der Waals surface area (Å²) in [5, 5.41) is 17.3. The molecule has 4 aromatic rings. The largest absolute Gasteiger partial charge is 0.396 e. The molecule has 1 aliphatic heterocycles. The van der Waals surface area contributed by atoms with E-state index >= 15 is 0 Å². The van der Waals surface area contributed by atoms with E-state index in [4.69, 9.17) is 28.3 Å². The van der Waals surface area contributed by atoms with Gasteiger partial charge in [0.1, 0.15) is 0 Å². The van der Waals surface area contributed by atoms with Crippen LogP contribution in [0.3, 0.4) is 0 Å². The summed E-state index contributed by atoms with van der Waals surface area (Å²) >= 11 is 12.4. The van der Waals surface area contributed by atoms with Gasteiger partial charge in [0.25, 0.3) is 5.56 Å². The standard InChI is InChI=1S/C28H23Cl2N3O3/c29-19-10-8-17(9-11-19)24-16-23(32-33(24)25(35)7-4-14-34)27-26(18-5-2-1-3-6-18)21-15-20(30)12-13-22(21)31-28(27)36/h1-3,5-6,8-13,15,24,34H,4,7,14,16H2,(H,31,36). The number of amides is 1. The Kier molecular flexibility index (Phi) is 6.92. The third-order valence-corrected chi connectivity index (χ3v) is 6.78. The van der Waals surface area contributed by atoms with Crippen molar-refractivity contribution in [2.24, 2.45) is 5.10 Å². The number of rotatable bonds is 6. The van der Waals surface area contributed by atoms with Crippen LogP contribution in [0, 0.1) is 0 Å². The number of pyridine rings is 1. The maximum atomic E-state index is 13.5. The number of hydrazone groups is 1. The van der Waals surface area contributed by atoms with Crippen molar-refractivity contribution in [2.75, 3.05) is 6.61 Å². The zero-order chi connectivity index (χ0) is 25.2. The smallest absolute Gasteiger partial charge is 0.258 e. The number of aliphatic hydroxyl groups excluding tert-OH is 1. The van der Waals surface area contributed by atoms with Crippen LogP contribution in [0.15, 0.2) is 82.7 Å². The quantitative estimate of drug-likeness (QED) is 0.329. The van der Waals surface area contributed by atoms with Crippen LogP contribution in [0.5, 0.6) is 0 Å². The van der Waals surface area contributed by atoms with Crippen LogP contribution in [-0.2, 0) is 4.79 Å². The average molecular weight is 520 g/mol. The fourth-order valence-electron chi connectivity index (χ4n) is 4.63. The van der Waals surface area contributed by atoms with Gasteiger partial charge in [-0.05, 0) is 47.9 Å². The molecule has 0 aliphatic carbocycles. The first-order chi connectivity index (χ1) is 17.5. The zero-order valence-electron chi connectivity index (χ0n) is 19.2. The molecule has 0 bridgehead atoms. The monoisotopic (exact) mass is 519 g/mol. The molecule has 0 spiro atoms. The van der Waals surface area contributed by atoms with Crippen molar-refractivity contribution in [1.29, 1.82) is 0 Å². The molecule has 0 radical (unpaired) electrons. The molecular formula is C28H23Cl2N3O3. The Labute approximate surface area is 217 Å². The van der Waals surface area contributed by atoms with Crippen LogP contribution >= 0.6 is 23.2 Å². The third-order valence-electron chi connectivity index (χ3n) is 6.30. The van der Waals surface area contributed by atoms with E-state index in [2.05, 4.69) is 4.98 Å².